The normalized spacial score (nSPS) is 11.7. The monoisotopic (exact) mass is 343 g/mol. The van der Waals surface area contributed by atoms with Gasteiger partial charge in [0, 0.05) is 33.6 Å². The number of hydrogen-bond donors (Lipinski definition) is 1. The van der Waals surface area contributed by atoms with Crippen molar-refractivity contribution < 1.29 is 44.3 Å². The number of carboxylic acids is 1. The van der Waals surface area contributed by atoms with Gasteiger partial charge in [-0.15, -0.1) is 11.3 Å². The van der Waals surface area contributed by atoms with Crippen molar-refractivity contribution in [3.05, 3.63) is 38.3 Å². The van der Waals surface area contributed by atoms with Gasteiger partial charge in [0.2, 0.25) is 0 Å². The van der Waals surface area contributed by atoms with Crippen molar-refractivity contribution in [2.45, 2.75) is 33.7 Å². The molecule has 0 radical (unpaired) electrons. The fourth-order valence-corrected chi connectivity index (χ4v) is 3.53. The summed E-state index contributed by atoms with van der Waals surface area (Å²) in [5, 5.41) is 18.3. The van der Waals surface area contributed by atoms with E-state index in [1.807, 2.05) is 20.9 Å². The molecule has 0 fully saturated rings. The van der Waals surface area contributed by atoms with Crippen molar-refractivity contribution in [1.29, 1.82) is 0 Å². The van der Waals surface area contributed by atoms with E-state index in [9.17, 15) is 14.7 Å². The van der Waals surface area contributed by atoms with Gasteiger partial charge in [-0.1, -0.05) is 0 Å². The van der Waals surface area contributed by atoms with Crippen LogP contribution in [0.5, 0.6) is 0 Å². The Kier molecular flexibility index (Phi) is 6.59. The van der Waals surface area contributed by atoms with Crippen molar-refractivity contribution in [2.75, 3.05) is 0 Å². The first kappa shape index (κ1) is 19.9. The van der Waals surface area contributed by atoms with Crippen LogP contribution < -0.4 is 40.0 Å². The fourth-order valence-electron chi connectivity index (χ4n) is 2.49. The van der Waals surface area contributed by atoms with Crippen molar-refractivity contribution in [1.82, 2.24) is 15.1 Å². The predicted octanol–water partition coefficient (Wildman–Crippen LogP) is -1.73. The molecule has 1 N–H and O–H groups in total. The van der Waals surface area contributed by atoms with E-state index in [1.165, 1.54) is 11.3 Å². The van der Waals surface area contributed by atoms with Crippen LogP contribution in [-0.4, -0.2) is 21.7 Å². The van der Waals surface area contributed by atoms with Crippen LogP contribution in [0.25, 0.3) is 0 Å². The van der Waals surface area contributed by atoms with Crippen LogP contribution in [0.1, 0.15) is 54.7 Å². The molecule has 2 heterocycles. The van der Waals surface area contributed by atoms with Crippen molar-refractivity contribution in [2.24, 2.45) is 7.05 Å². The molecule has 2 aromatic rings. The van der Waals surface area contributed by atoms with Crippen LogP contribution in [0.15, 0.2) is 6.20 Å². The summed E-state index contributed by atoms with van der Waals surface area (Å²) < 4.78 is 1.73. The molecule has 118 valence electrons. The zero-order valence-electron chi connectivity index (χ0n) is 14.2. The molecule has 1 atom stereocenters. The maximum atomic E-state index is 12.5. The fraction of sp³-hybridized carbons (Fsp3) is 0.400. The minimum Gasteiger partial charge on any atom is -0.545 e. The molecule has 0 aliphatic heterocycles. The number of aryl methyl sites for hydroxylation is 3. The van der Waals surface area contributed by atoms with E-state index in [4.69, 9.17) is 0 Å². The molecule has 0 aliphatic rings. The van der Waals surface area contributed by atoms with E-state index < -0.39 is 11.9 Å². The second kappa shape index (κ2) is 7.61. The molecule has 0 saturated carbocycles. The molecule has 2 rings (SSSR count). The number of thiophene rings is 1. The molecule has 0 bridgehead atoms. The maximum Gasteiger partial charge on any atom is 1.00 e. The first-order valence-electron chi connectivity index (χ1n) is 6.84. The molecule has 0 aliphatic carbocycles. The molecule has 8 heteroatoms. The SMILES string of the molecule is Cc1sc(C)c(C(=O)NC(C)c2cnn(C)c2C)c1C(=O)[O-].[Na+]. The third-order valence-corrected chi connectivity index (χ3v) is 4.80. The molecule has 6 nitrogen and oxygen atoms in total. The molecule has 2 aromatic heterocycles. The Hall–Kier alpha value is -1.15. The third-order valence-electron chi connectivity index (χ3n) is 3.78. The Morgan fingerprint density at radius 1 is 1.26 bits per heavy atom. The molecule has 0 saturated heterocycles. The van der Waals surface area contributed by atoms with E-state index in [1.54, 1.807) is 24.7 Å². The summed E-state index contributed by atoms with van der Waals surface area (Å²) in [6.45, 7) is 7.17. The van der Waals surface area contributed by atoms with Crippen molar-refractivity contribution >= 4 is 23.2 Å². The summed E-state index contributed by atoms with van der Waals surface area (Å²) >= 11 is 1.28. The van der Waals surface area contributed by atoms with Gasteiger partial charge in [-0.3, -0.25) is 9.48 Å². The minimum absolute atomic E-state index is 0. The van der Waals surface area contributed by atoms with Gasteiger partial charge in [-0.25, -0.2) is 0 Å². The van der Waals surface area contributed by atoms with Gasteiger partial charge in [-0.05, 0) is 27.7 Å². The molecular weight excluding hydrogens is 325 g/mol. The van der Waals surface area contributed by atoms with Gasteiger partial charge in [0.05, 0.1) is 23.8 Å². The van der Waals surface area contributed by atoms with Crippen molar-refractivity contribution in [3.63, 3.8) is 0 Å². The molecule has 1 unspecified atom stereocenters. The number of rotatable bonds is 4. The van der Waals surface area contributed by atoms with Gasteiger partial charge in [-0.2, -0.15) is 5.10 Å². The average Bonchev–Trinajstić information content (AvgIpc) is 2.90. The quantitative estimate of drug-likeness (QED) is 0.668. The van der Waals surface area contributed by atoms with Gasteiger partial charge in [0.25, 0.3) is 5.91 Å². The maximum absolute atomic E-state index is 12.5. The minimum atomic E-state index is -1.32. The molecule has 23 heavy (non-hydrogen) atoms. The van der Waals surface area contributed by atoms with E-state index in [-0.39, 0.29) is 46.7 Å². The number of aromatic nitrogens is 2. The van der Waals surface area contributed by atoms with Gasteiger partial charge in [0.15, 0.2) is 0 Å². The average molecular weight is 343 g/mol. The van der Waals surface area contributed by atoms with Crippen LogP contribution in [0.4, 0.5) is 0 Å². The Morgan fingerprint density at radius 2 is 1.83 bits per heavy atom. The smallest absolute Gasteiger partial charge is 0.545 e. The second-order valence-electron chi connectivity index (χ2n) is 5.26. The predicted molar refractivity (Wildman–Crippen MR) is 81.9 cm³/mol. The molecule has 0 spiro atoms. The number of hydrogen-bond acceptors (Lipinski definition) is 5. The Labute approximate surface area is 161 Å². The van der Waals surface area contributed by atoms with E-state index in [0.29, 0.717) is 9.75 Å². The number of carbonyl (C=O) groups excluding carboxylic acids is 2. The molecule has 1 amide bonds. The van der Waals surface area contributed by atoms with Crippen LogP contribution in [0.2, 0.25) is 0 Å². The van der Waals surface area contributed by atoms with Crippen LogP contribution >= 0.6 is 11.3 Å². The summed E-state index contributed by atoms with van der Waals surface area (Å²) in [5.74, 6) is -1.73. The third kappa shape index (κ3) is 3.85. The second-order valence-corrected chi connectivity index (χ2v) is 6.68. The first-order chi connectivity index (χ1) is 10.2. The Balaban J connectivity index is 0.00000264. The van der Waals surface area contributed by atoms with E-state index >= 15 is 0 Å². The van der Waals surface area contributed by atoms with Gasteiger partial charge >= 0.3 is 29.6 Å². The van der Waals surface area contributed by atoms with Crippen LogP contribution in [0, 0.1) is 20.8 Å². The Bertz CT molecular complexity index is 751. The number of aromatic carboxylic acids is 1. The largest absolute Gasteiger partial charge is 1.00 e. The summed E-state index contributed by atoms with van der Waals surface area (Å²) in [4.78, 5) is 25.0. The van der Waals surface area contributed by atoms with Gasteiger partial charge < -0.3 is 15.2 Å². The number of nitrogens with zero attached hydrogens (tertiary/aromatic N) is 2. The van der Waals surface area contributed by atoms with Gasteiger partial charge in [0.1, 0.15) is 0 Å². The zero-order chi connectivity index (χ0) is 16.6. The standard InChI is InChI=1S/C15H19N3O3S.Na/c1-7(11-6-16-18(5)8(11)2)17-14(19)12-9(3)22-10(4)13(12)15(20)21;/h6-7H,1-5H3,(H,17,19)(H,20,21);/q;+1/p-1. The van der Waals surface area contributed by atoms with Crippen LogP contribution in [0.3, 0.4) is 0 Å². The summed E-state index contributed by atoms with van der Waals surface area (Å²) in [5.41, 5.74) is 2.02. The first-order valence-corrected chi connectivity index (χ1v) is 7.66. The summed E-state index contributed by atoms with van der Waals surface area (Å²) in [7, 11) is 1.83. The number of carbonyl (C=O) groups is 2. The summed E-state index contributed by atoms with van der Waals surface area (Å²) in [6, 6.07) is -0.268. The molecule has 0 aromatic carbocycles. The number of nitrogens with one attached hydrogen (secondary N) is 1. The van der Waals surface area contributed by atoms with Crippen molar-refractivity contribution in [3.8, 4) is 0 Å². The topological polar surface area (TPSA) is 87.0 Å². The number of carboxylic acid groups (broad SMARTS) is 1. The van der Waals surface area contributed by atoms with E-state index in [2.05, 4.69) is 10.4 Å². The number of amides is 1. The van der Waals surface area contributed by atoms with E-state index in [0.717, 1.165) is 11.3 Å². The Morgan fingerprint density at radius 3 is 2.30 bits per heavy atom. The zero-order valence-corrected chi connectivity index (χ0v) is 17.0. The summed E-state index contributed by atoms with van der Waals surface area (Å²) in [6.07, 6.45) is 1.70. The molecular formula is C15H18N3NaO3S. The van der Waals surface area contributed by atoms with Crippen LogP contribution in [-0.2, 0) is 7.05 Å².